The standard InChI is InChI=1S/C18H27ClN2O2/c1-5-23-17(22)13-7-15(20)16(8-14(13)19)21-12-6-11(2)9-18(3,4)10-12/h7-8,11-12,21H,5-6,9-10,20H2,1-4H3/t11-,12+/m0/s1. The van der Waals surface area contributed by atoms with Gasteiger partial charge in [-0.25, -0.2) is 4.79 Å². The summed E-state index contributed by atoms with van der Waals surface area (Å²) in [6.45, 7) is 8.96. The average molecular weight is 339 g/mol. The maximum absolute atomic E-state index is 11.9. The largest absolute Gasteiger partial charge is 0.462 e. The average Bonchev–Trinajstić information content (AvgIpc) is 2.40. The first-order valence-corrected chi connectivity index (χ1v) is 8.62. The Morgan fingerprint density at radius 2 is 2.13 bits per heavy atom. The molecule has 1 aromatic rings. The van der Waals surface area contributed by atoms with Gasteiger partial charge in [0.2, 0.25) is 0 Å². The number of rotatable bonds is 4. The number of hydrogen-bond donors (Lipinski definition) is 2. The highest BCUT2D eigenvalue weighted by molar-refractivity contribution is 6.34. The fourth-order valence-corrected chi connectivity index (χ4v) is 4.00. The number of nitrogen functional groups attached to an aromatic ring is 1. The summed E-state index contributed by atoms with van der Waals surface area (Å²) < 4.78 is 5.00. The van der Waals surface area contributed by atoms with E-state index in [1.807, 2.05) is 0 Å². The fourth-order valence-electron chi connectivity index (χ4n) is 3.76. The highest BCUT2D eigenvalue weighted by Crippen LogP contribution is 2.40. The Bertz CT molecular complexity index is 587. The lowest BCUT2D eigenvalue weighted by Crippen LogP contribution is -2.35. The third kappa shape index (κ3) is 4.54. The molecule has 0 amide bonds. The molecule has 1 aromatic carbocycles. The zero-order valence-corrected chi connectivity index (χ0v) is 15.2. The molecule has 0 aliphatic heterocycles. The minimum Gasteiger partial charge on any atom is -0.462 e. The minimum absolute atomic E-state index is 0.310. The maximum atomic E-state index is 11.9. The van der Waals surface area contributed by atoms with Crippen LogP contribution in [0.5, 0.6) is 0 Å². The van der Waals surface area contributed by atoms with Gasteiger partial charge in [0.15, 0.2) is 0 Å². The van der Waals surface area contributed by atoms with Crippen molar-refractivity contribution in [2.24, 2.45) is 11.3 Å². The molecular weight excluding hydrogens is 312 g/mol. The molecule has 23 heavy (non-hydrogen) atoms. The summed E-state index contributed by atoms with van der Waals surface area (Å²) in [6, 6.07) is 3.69. The van der Waals surface area contributed by atoms with Crippen LogP contribution < -0.4 is 11.1 Å². The van der Waals surface area contributed by atoms with E-state index in [9.17, 15) is 4.79 Å². The van der Waals surface area contributed by atoms with Gasteiger partial charge >= 0.3 is 5.97 Å². The number of halogens is 1. The van der Waals surface area contributed by atoms with Gasteiger partial charge < -0.3 is 15.8 Å². The van der Waals surface area contributed by atoms with Crippen molar-refractivity contribution in [2.45, 2.75) is 53.0 Å². The van der Waals surface area contributed by atoms with E-state index >= 15 is 0 Å². The molecule has 2 atom stereocenters. The van der Waals surface area contributed by atoms with Crippen molar-refractivity contribution in [1.82, 2.24) is 0 Å². The summed E-state index contributed by atoms with van der Waals surface area (Å²) in [5, 5.41) is 3.88. The van der Waals surface area contributed by atoms with E-state index in [-0.39, 0.29) is 0 Å². The Morgan fingerprint density at radius 3 is 2.74 bits per heavy atom. The zero-order valence-electron chi connectivity index (χ0n) is 14.4. The van der Waals surface area contributed by atoms with E-state index in [4.69, 9.17) is 22.1 Å². The van der Waals surface area contributed by atoms with Crippen LogP contribution >= 0.6 is 11.6 Å². The summed E-state index contributed by atoms with van der Waals surface area (Å²) in [5.41, 5.74) is 8.06. The van der Waals surface area contributed by atoms with Crippen LogP contribution in [0.2, 0.25) is 5.02 Å². The quantitative estimate of drug-likeness (QED) is 0.615. The number of hydrogen-bond acceptors (Lipinski definition) is 4. The first kappa shape index (κ1) is 17.9. The number of nitrogens with two attached hydrogens (primary N) is 1. The monoisotopic (exact) mass is 338 g/mol. The van der Waals surface area contributed by atoms with Crippen LogP contribution in [0.3, 0.4) is 0 Å². The second-order valence-electron chi connectivity index (χ2n) is 7.39. The zero-order chi connectivity index (χ0) is 17.2. The second kappa shape index (κ2) is 7.00. The molecule has 3 N–H and O–H groups in total. The van der Waals surface area contributed by atoms with E-state index in [0.717, 1.165) is 18.5 Å². The van der Waals surface area contributed by atoms with Crippen LogP contribution in [0.1, 0.15) is 57.3 Å². The van der Waals surface area contributed by atoms with Crippen LogP contribution in [0.15, 0.2) is 12.1 Å². The molecule has 1 aliphatic carbocycles. The smallest absolute Gasteiger partial charge is 0.339 e. The second-order valence-corrected chi connectivity index (χ2v) is 7.80. The van der Waals surface area contributed by atoms with E-state index in [1.54, 1.807) is 19.1 Å². The lowest BCUT2D eigenvalue weighted by atomic mass is 9.70. The van der Waals surface area contributed by atoms with Crippen molar-refractivity contribution in [3.05, 3.63) is 22.7 Å². The Hall–Kier alpha value is -1.42. The molecule has 0 bridgehead atoms. The van der Waals surface area contributed by atoms with Crippen LogP contribution in [-0.4, -0.2) is 18.6 Å². The predicted octanol–water partition coefficient (Wildman–Crippen LogP) is 4.73. The molecule has 2 rings (SSSR count). The topological polar surface area (TPSA) is 64.3 Å². The number of carbonyl (C=O) groups excluding carboxylic acids is 1. The van der Waals surface area contributed by atoms with Crippen molar-refractivity contribution in [3.63, 3.8) is 0 Å². The van der Waals surface area contributed by atoms with Crippen molar-refractivity contribution in [3.8, 4) is 0 Å². The molecule has 0 spiro atoms. The SMILES string of the molecule is CCOC(=O)c1cc(N)c(N[C@@H]2C[C@H](C)CC(C)(C)C2)cc1Cl. The van der Waals surface area contributed by atoms with Gasteiger partial charge in [-0.2, -0.15) is 0 Å². The molecular formula is C18H27ClN2O2. The summed E-state index contributed by atoms with van der Waals surface area (Å²) in [7, 11) is 0. The number of carbonyl (C=O) groups is 1. The Balaban J connectivity index is 2.18. The summed E-state index contributed by atoms with van der Waals surface area (Å²) in [5.74, 6) is 0.231. The first-order valence-electron chi connectivity index (χ1n) is 8.24. The first-order chi connectivity index (χ1) is 10.7. The molecule has 1 aliphatic rings. The molecule has 128 valence electrons. The van der Waals surface area contributed by atoms with E-state index < -0.39 is 5.97 Å². The molecule has 0 aromatic heterocycles. The number of ether oxygens (including phenoxy) is 1. The van der Waals surface area contributed by atoms with E-state index in [1.165, 1.54) is 6.42 Å². The lowest BCUT2D eigenvalue weighted by Gasteiger charge is -2.39. The molecule has 1 fully saturated rings. The van der Waals surface area contributed by atoms with Crippen LogP contribution in [0.25, 0.3) is 0 Å². The van der Waals surface area contributed by atoms with Crippen LogP contribution in [0, 0.1) is 11.3 Å². The van der Waals surface area contributed by atoms with Crippen molar-refractivity contribution < 1.29 is 9.53 Å². The van der Waals surface area contributed by atoms with Crippen molar-refractivity contribution in [2.75, 3.05) is 17.7 Å². The highest BCUT2D eigenvalue weighted by atomic mass is 35.5. The third-order valence-electron chi connectivity index (χ3n) is 4.38. The van der Waals surface area contributed by atoms with Gasteiger partial charge in [0.25, 0.3) is 0 Å². The van der Waals surface area contributed by atoms with Crippen molar-refractivity contribution in [1.29, 1.82) is 0 Å². The number of benzene rings is 1. The maximum Gasteiger partial charge on any atom is 0.339 e. The Labute approximate surface area is 143 Å². The van der Waals surface area contributed by atoms with Crippen molar-refractivity contribution >= 4 is 28.9 Å². The lowest BCUT2D eigenvalue weighted by molar-refractivity contribution is 0.0526. The van der Waals surface area contributed by atoms with E-state index in [2.05, 4.69) is 26.1 Å². The van der Waals surface area contributed by atoms with Gasteiger partial charge in [0.1, 0.15) is 0 Å². The van der Waals surface area contributed by atoms with Gasteiger partial charge in [-0.3, -0.25) is 0 Å². The summed E-state index contributed by atoms with van der Waals surface area (Å²) >= 11 is 6.24. The highest BCUT2D eigenvalue weighted by Gasteiger charge is 2.32. The molecule has 0 unspecified atom stereocenters. The number of esters is 1. The molecule has 5 heteroatoms. The Morgan fingerprint density at radius 1 is 1.43 bits per heavy atom. The number of nitrogens with one attached hydrogen (secondary N) is 1. The van der Waals surface area contributed by atoms with Gasteiger partial charge in [0, 0.05) is 6.04 Å². The predicted molar refractivity (Wildman–Crippen MR) is 96.0 cm³/mol. The summed E-state index contributed by atoms with van der Waals surface area (Å²) in [4.78, 5) is 11.9. The van der Waals surface area contributed by atoms with E-state index in [0.29, 0.717) is 40.3 Å². The van der Waals surface area contributed by atoms with Gasteiger partial charge in [-0.15, -0.1) is 0 Å². The molecule has 0 radical (unpaired) electrons. The Kier molecular flexibility index (Phi) is 5.45. The normalized spacial score (nSPS) is 23.3. The van der Waals surface area contributed by atoms with Crippen LogP contribution in [-0.2, 0) is 4.74 Å². The molecule has 0 saturated heterocycles. The minimum atomic E-state index is -0.442. The third-order valence-corrected chi connectivity index (χ3v) is 4.69. The number of anilines is 2. The van der Waals surface area contributed by atoms with Gasteiger partial charge in [-0.1, -0.05) is 32.4 Å². The molecule has 4 nitrogen and oxygen atoms in total. The van der Waals surface area contributed by atoms with Gasteiger partial charge in [0.05, 0.1) is 28.6 Å². The fraction of sp³-hybridized carbons (Fsp3) is 0.611. The molecule has 1 saturated carbocycles. The van der Waals surface area contributed by atoms with Crippen LogP contribution in [0.4, 0.5) is 11.4 Å². The van der Waals surface area contributed by atoms with Gasteiger partial charge in [-0.05, 0) is 49.7 Å². The summed E-state index contributed by atoms with van der Waals surface area (Å²) in [6.07, 6.45) is 3.44. The molecule has 0 heterocycles.